The maximum absolute atomic E-state index is 9.63. The van der Waals surface area contributed by atoms with Crippen LogP contribution in [-0.2, 0) is 6.42 Å². The van der Waals surface area contributed by atoms with E-state index in [0.29, 0.717) is 11.8 Å². The van der Waals surface area contributed by atoms with E-state index in [-0.39, 0.29) is 6.10 Å². The monoisotopic (exact) mass is 204 g/mol. The van der Waals surface area contributed by atoms with Crippen LogP contribution in [0.15, 0.2) is 24.3 Å². The Morgan fingerprint density at radius 3 is 2.73 bits per heavy atom. The standard InChI is InChI=1S/C14H20O/c1-3-11(10(2)15)8-13-9-12-6-4-5-7-14(12)13/h4-7,10-11,13,15H,3,8-9H2,1-2H3. The molecule has 0 bridgehead atoms. The van der Waals surface area contributed by atoms with Crippen molar-refractivity contribution in [3.63, 3.8) is 0 Å². The predicted molar refractivity (Wildman–Crippen MR) is 63.0 cm³/mol. The van der Waals surface area contributed by atoms with Gasteiger partial charge in [-0.25, -0.2) is 0 Å². The molecule has 2 rings (SSSR count). The van der Waals surface area contributed by atoms with Gasteiger partial charge < -0.3 is 5.11 Å². The molecule has 0 amide bonds. The summed E-state index contributed by atoms with van der Waals surface area (Å²) in [6.07, 6.45) is 3.27. The van der Waals surface area contributed by atoms with Crippen LogP contribution in [0.1, 0.15) is 43.7 Å². The number of hydrogen-bond acceptors (Lipinski definition) is 1. The van der Waals surface area contributed by atoms with Crippen molar-refractivity contribution in [3.05, 3.63) is 35.4 Å². The molecule has 0 radical (unpaired) electrons. The fraction of sp³-hybridized carbons (Fsp3) is 0.571. The quantitative estimate of drug-likeness (QED) is 0.799. The lowest BCUT2D eigenvalue weighted by atomic mass is 9.72. The molecule has 3 unspecified atom stereocenters. The van der Waals surface area contributed by atoms with Gasteiger partial charge in [0.25, 0.3) is 0 Å². The topological polar surface area (TPSA) is 20.2 Å². The lowest BCUT2D eigenvalue weighted by Gasteiger charge is -2.33. The number of aliphatic hydroxyl groups is 1. The number of aliphatic hydroxyl groups excluding tert-OH is 1. The Hall–Kier alpha value is -0.820. The third kappa shape index (κ3) is 2.07. The fourth-order valence-corrected chi connectivity index (χ4v) is 2.64. The summed E-state index contributed by atoms with van der Waals surface area (Å²) in [5, 5.41) is 9.63. The second-order valence-corrected chi connectivity index (χ2v) is 4.74. The summed E-state index contributed by atoms with van der Waals surface area (Å²) in [4.78, 5) is 0. The van der Waals surface area contributed by atoms with Crippen molar-refractivity contribution in [2.24, 2.45) is 5.92 Å². The molecule has 3 atom stereocenters. The Labute approximate surface area is 92.1 Å². The minimum Gasteiger partial charge on any atom is -0.393 e. The molecule has 0 fully saturated rings. The van der Waals surface area contributed by atoms with Crippen LogP contribution >= 0.6 is 0 Å². The van der Waals surface area contributed by atoms with E-state index in [1.165, 1.54) is 17.5 Å². The van der Waals surface area contributed by atoms with Crippen molar-refractivity contribution in [1.29, 1.82) is 0 Å². The average molecular weight is 204 g/mol. The van der Waals surface area contributed by atoms with Crippen molar-refractivity contribution in [3.8, 4) is 0 Å². The van der Waals surface area contributed by atoms with Gasteiger partial charge in [-0.3, -0.25) is 0 Å². The maximum Gasteiger partial charge on any atom is 0.0540 e. The number of benzene rings is 1. The van der Waals surface area contributed by atoms with Gasteiger partial charge in [-0.1, -0.05) is 37.6 Å². The molecule has 0 heterocycles. The number of rotatable bonds is 4. The van der Waals surface area contributed by atoms with Crippen LogP contribution < -0.4 is 0 Å². The van der Waals surface area contributed by atoms with Gasteiger partial charge in [0.2, 0.25) is 0 Å². The molecule has 1 nitrogen and oxygen atoms in total. The highest BCUT2D eigenvalue weighted by Crippen LogP contribution is 2.40. The summed E-state index contributed by atoms with van der Waals surface area (Å²) in [6, 6.07) is 8.68. The Morgan fingerprint density at radius 2 is 2.13 bits per heavy atom. The second kappa shape index (κ2) is 4.36. The molecule has 1 aromatic rings. The van der Waals surface area contributed by atoms with Gasteiger partial charge in [-0.05, 0) is 42.7 Å². The van der Waals surface area contributed by atoms with Crippen LogP contribution in [0.2, 0.25) is 0 Å². The SMILES string of the molecule is CCC(CC1Cc2ccccc21)C(C)O. The number of hydrogen-bond donors (Lipinski definition) is 1. The minimum absolute atomic E-state index is 0.164. The summed E-state index contributed by atoms with van der Waals surface area (Å²) in [6.45, 7) is 4.08. The van der Waals surface area contributed by atoms with E-state index in [9.17, 15) is 5.11 Å². The number of fused-ring (bicyclic) bond motifs is 1. The van der Waals surface area contributed by atoms with Crippen LogP contribution in [0.25, 0.3) is 0 Å². The molecule has 82 valence electrons. The second-order valence-electron chi connectivity index (χ2n) is 4.74. The van der Waals surface area contributed by atoms with Crippen molar-refractivity contribution >= 4 is 0 Å². The summed E-state index contributed by atoms with van der Waals surface area (Å²) in [5.41, 5.74) is 3.01. The third-order valence-electron chi connectivity index (χ3n) is 3.76. The summed E-state index contributed by atoms with van der Waals surface area (Å²) >= 11 is 0. The first-order valence-corrected chi connectivity index (χ1v) is 5.98. The van der Waals surface area contributed by atoms with E-state index >= 15 is 0 Å². The molecular formula is C14H20O. The van der Waals surface area contributed by atoms with Gasteiger partial charge in [0, 0.05) is 0 Å². The van der Waals surface area contributed by atoms with E-state index < -0.39 is 0 Å². The lowest BCUT2D eigenvalue weighted by molar-refractivity contribution is 0.111. The highest BCUT2D eigenvalue weighted by molar-refractivity contribution is 5.39. The van der Waals surface area contributed by atoms with Crippen molar-refractivity contribution in [2.75, 3.05) is 0 Å². The third-order valence-corrected chi connectivity index (χ3v) is 3.76. The lowest BCUT2D eigenvalue weighted by Crippen LogP contribution is -2.24. The van der Waals surface area contributed by atoms with Crippen LogP contribution in [0.4, 0.5) is 0 Å². The van der Waals surface area contributed by atoms with Crippen LogP contribution in [0, 0.1) is 5.92 Å². The van der Waals surface area contributed by atoms with Crippen molar-refractivity contribution in [1.82, 2.24) is 0 Å². The van der Waals surface area contributed by atoms with E-state index in [4.69, 9.17) is 0 Å². The molecule has 0 aliphatic heterocycles. The first-order chi connectivity index (χ1) is 7.22. The molecule has 0 saturated heterocycles. The first kappa shape index (κ1) is 10.7. The molecule has 1 N–H and O–H groups in total. The van der Waals surface area contributed by atoms with Gasteiger partial charge in [0.15, 0.2) is 0 Å². The molecule has 1 aliphatic rings. The van der Waals surface area contributed by atoms with Gasteiger partial charge >= 0.3 is 0 Å². The zero-order valence-corrected chi connectivity index (χ0v) is 9.61. The molecule has 1 aromatic carbocycles. The van der Waals surface area contributed by atoms with Gasteiger partial charge in [-0.2, -0.15) is 0 Å². The minimum atomic E-state index is -0.164. The summed E-state index contributed by atoms with van der Waals surface area (Å²) in [5.74, 6) is 1.16. The Bertz CT molecular complexity index is 330. The highest BCUT2D eigenvalue weighted by Gasteiger charge is 2.28. The fourth-order valence-electron chi connectivity index (χ4n) is 2.64. The molecule has 0 spiro atoms. The van der Waals surface area contributed by atoms with Gasteiger partial charge in [0.1, 0.15) is 0 Å². The smallest absolute Gasteiger partial charge is 0.0540 e. The molecule has 15 heavy (non-hydrogen) atoms. The van der Waals surface area contributed by atoms with E-state index in [0.717, 1.165) is 12.8 Å². The largest absolute Gasteiger partial charge is 0.393 e. The maximum atomic E-state index is 9.63. The Balaban J connectivity index is 1.99. The predicted octanol–water partition coefficient (Wildman–Crippen LogP) is 3.12. The van der Waals surface area contributed by atoms with Crippen LogP contribution in [0.3, 0.4) is 0 Å². The van der Waals surface area contributed by atoms with Crippen LogP contribution in [-0.4, -0.2) is 11.2 Å². The van der Waals surface area contributed by atoms with E-state index in [1.54, 1.807) is 0 Å². The Morgan fingerprint density at radius 1 is 1.40 bits per heavy atom. The summed E-state index contributed by atoms with van der Waals surface area (Å²) in [7, 11) is 0. The normalized spacial score (nSPS) is 22.7. The van der Waals surface area contributed by atoms with Gasteiger partial charge in [0.05, 0.1) is 6.10 Å². The van der Waals surface area contributed by atoms with Crippen molar-refractivity contribution in [2.45, 2.75) is 45.1 Å². The zero-order valence-electron chi connectivity index (χ0n) is 9.61. The molecule has 0 saturated carbocycles. The molecule has 1 aliphatic carbocycles. The van der Waals surface area contributed by atoms with E-state index in [1.807, 2.05) is 6.92 Å². The zero-order chi connectivity index (χ0) is 10.8. The van der Waals surface area contributed by atoms with Crippen molar-refractivity contribution < 1.29 is 5.11 Å². The average Bonchev–Trinajstić information content (AvgIpc) is 2.19. The molecule has 0 aromatic heterocycles. The van der Waals surface area contributed by atoms with E-state index in [2.05, 4.69) is 31.2 Å². The summed E-state index contributed by atoms with van der Waals surface area (Å²) < 4.78 is 0. The first-order valence-electron chi connectivity index (χ1n) is 5.98. The Kier molecular flexibility index (Phi) is 3.11. The van der Waals surface area contributed by atoms with Gasteiger partial charge in [-0.15, -0.1) is 0 Å². The van der Waals surface area contributed by atoms with Crippen LogP contribution in [0.5, 0.6) is 0 Å². The molecule has 1 heteroatoms. The highest BCUT2D eigenvalue weighted by atomic mass is 16.3. The molecular weight excluding hydrogens is 184 g/mol.